The van der Waals surface area contributed by atoms with Crippen LogP contribution in [-0.4, -0.2) is 15.7 Å². The highest BCUT2D eigenvalue weighted by atomic mass is 16.2. The lowest BCUT2D eigenvalue weighted by molar-refractivity contribution is 0.0930. The second-order valence-electron chi connectivity index (χ2n) is 6.33. The summed E-state index contributed by atoms with van der Waals surface area (Å²) in [7, 11) is 1.79. The van der Waals surface area contributed by atoms with Gasteiger partial charge in [-0.05, 0) is 43.4 Å². The summed E-state index contributed by atoms with van der Waals surface area (Å²) in [5, 5.41) is 7.23. The van der Waals surface area contributed by atoms with Gasteiger partial charge >= 0.3 is 0 Å². The first-order chi connectivity index (χ1) is 10.4. The molecule has 0 spiro atoms. The molecule has 1 aromatic heterocycles. The largest absolute Gasteiger partial charge is 0.344 e. The van der Waals surface area contributed by atoms with Crippen molar-refractivity contribution in [3.8, 4) is 0 Å². The van der Waals surface area contributed by atoms with Crippen LogP contribution in [0.1, 0.15) is 54.1 Å². The number of nitrogens with one attached hydrogen (secondary N) is 1. The predicted octanol–water partition coefficient (Wildman–Crippen LogP) is 3.42. The van der Waals surface area contributed by atoms with Gasteiger partial charge in [0.25, 0.3) is 5.91 Å². The summed E-state index contributed by atoms with van der Waals surface area (Å²) in [4.78, 5) is 12.3. The van der Waals surface area contributed by atoms with E-state index in [2.05, 4.69) is 48.5 Å². The quantitative estimate of drug-likeness (QED) is 0.919. The van der Waals surface area contributed by atoms with Crippen LogP contribution in [0.25, 0.3) is 0 Å². The molecule has 4 heteroatoms. The van der Waals surface area contributed by atoms with Crippen LogP contribution in [0.15, 0.2) is 30.3 Å². The Labute approximate surface area is 132 Å². The molecule has 1 amide bonds. The van der Waals surface area contributed by atoms with Crippen molar-refractivity contribution >= 4 is 5.91 Å². The summed E-state index contributed by atoms with van der Waals surface area (Å²) >= 11 is 0. The summed E-state index contributed by atoms with van der Waals surface area (Å²) in [5.74, 6) is 0.554. The minimum absolute atomic E-state index is 0.0317. The highest BCUT2D eigenvalue weighted by Gasteiger charge is 2.15. The van der Waals surface area contributed by atoms with Crippen molar-refractivity contribution in [3.05, 3.63) is 52.8 Å². The molecule has 0 fully saturated rings. The summed E-state index contributed by atoms with van der Waals surface area (Å²) in [6.45, 7) is 8.31. The van der Waals surface area contributed by atoms with E-state index in [0.717, 1.165) is 17.7 Å². The molecule has 0 saturated heterocycles. The number of aromatic nitrogens is 2. The van der Waals surface area contributed by atoms with Gasteiger partial charge in [0, 0.05) is 7.05 Å². The fraction of sp³-hybridized carbons (Fsp3) is 0.444. The van der Waals surface area contributed by atoms with Crippen LogP contribution < -0.4 is 5.32 Å². The van der Waals surface area contributed by atoms with Gasteiger partial charge in [0.2, 0.25) is 0 Å². The van der Waals surface area contributed by atoms with E-state index in [1.807, 2.05) is 13.8 Å². The van der Waals surface area contributed by atoms with Gasteiger partial charge in [0.1, 0.15) is 5.69 Å². The topological polar surface area (TPSA) is 46.9 Å². The van der Waals surface area contributed by atoms with Crippen molar-refractivity contribution in [2.75, 3.05) is 0 Å². The molecule has 0 saturated carbocycles. The van der Waals surface area contributed by atoms with Crippen molar-refractivity contribution in [1.29, 1.82) is 0 Å². The van der Waals surface area contributed by atoms with Gasteiger partial charge in [-0.2, -0.15) is 5.10 Å². The van der Waals surface area contributed by atoms with Gasteiger partial charge in [-0.15, -0.1) is 0 Å². The van der Waals surface area contributed by atoms with E-state index in [4.69, 9.17) is 0 Å². The third kappa shape index (κ3) is 3.97. The first kappa shape index (κ1) is 16.3. The number of benzene rings is 1. The summed E-state index contributed by atoms with van der Waals surface area (Å²) < 4.78 is 1.61. The Balaban J connectivity index is 2.04. The van der Waals surface area contributed by atoms with Crippen molar-refractivity contribution in [1.82, 2.24) is 15.1 Å². The minimum Gasteiger partial charge on any atom is -0.344 e. The van der Waals surface area contributed by atoms with Gasteiger partial charge in [-0.3, -0.25) is 9.48 Å². The second-order valence-corrected chi connectivity index (χ2v) is 6.33. The first-order valence-electron chi connectivity index (χ1n) is 7.77. The average Bonchev–Trinajstić information content (AvgIpc) is 2.78. The molecule has 4 nitrogen and oxygen atoms in total. The maximum atomic E-state index is 12.3. The zero-order valence-electron chi connectivity index (χ0n) is 14.1. The molecule has 2 rings (SSSR count). The van der Waals surface area contributed by atoms with Crippen LogP contribution in [0.2, 0.25) is 0 Å². The van der Waals surface area contributed by atoms with Crippen LogP contribution in [0, 0.1) is 12.8 Å². The lowest BCUT2D eigenvalue weighted by Crippen LogP contribution is -2.28. The fourth-order valence-electron chi connectivity index (χ4n) is 2.59. The Hall–Kier alpha value is -2.10. The third-order valence-corrected chi connectivity index (χ3v) is 3.71. The molecule has 0 aliphatic carbocycles. The SMILES string of the molecule is Cc1cc(C(=O)NC(C)c2ccc(CC(C)C)cc2)n(C)n1. The number of nitrogens with zero attached hydrogens (tertiary/aromatic N) is 2. The number of amides is 1. The second kappa shape index (κ2) is 6.77. The Morgan fingerprint density at radius 3 is 2.36 bits per heavy atom. The van der Waals surface area contributed by atoms with Gasteiger partial charge in [-0.1, -0.05) is 38.1 Å². The number of hydrogen-bond donors (Lipinski definition) is 1. The molecular weight excluding hydrogens is 274 g/mol. The van der Waals surface area contributed by atoms with E-state index in [1.165, 1.54) is 5.56 Å². The molecule has 1 heterocycles. The molecule has 1 unspecified atom stereocenters. The van der Waals surface area contributed by atoms with Gasteiger partial charge in [0.05, 0.1) is 11.7 Å². The standard InChI is InChI=1S/C18H25N3O/c1-12(2)10-15-6-8-16(9-7-15)14(4)19-18(22)17-11-13(3)20-21(17)5/h6-9,11-12,14H,10H2,1-5H3,(H,19,22). The Morgan fingerprint density at radius 2 is 1.86 bits per heavy atom. The predicted molar refractivity (Wildman–Crippen MR) is 88.8 cm³/mol. The van der Waals surface area contributed by atoms with Crippen molar-refractivity contribution in [2.24, 2.45) is 13.0 Å². The van der Waals surface area contributed by atoms with Gasteiger partial charge < -0.3 is 5.32 Å². The molecule has 1 atom stereocenters. The van der Waals surface area contributed by atoms with E-state index < -0.39 is 0 Å². The Morgan fingerprint density at radius 1 is 1.23 bits per heavy atom. The number of carbonyl (C=O) groups excluding carboxylic acids is 1. The average molecular weight is 299 g/mol. The lowest BCUT2D eigenvalue weighted by atomic mass is 10.00. The summed E-state index contributed by atoms with van der Waals surface area (Å²) in [6.07, 6.45) is 1.08. The van der Waals surface area contributed by atoms with Crippen LogP contribution in [-0.2, 0) is 13.5 Å². The highest BCUT2D eigenvalue weighted by Crippen LogP contribution is 2.16. The number of carbonyl (C=O) groups is 1. The molecule has 118 valence electrons. The van der Waals surface area contributed by atoms with Crippen molar-refractivity contribution in [2.45, 2.75) is 40.2 Å². The number of aryl methyl sites for hydroxylation is 2. The van der Waals surface area contributed by atoms with E-state index in [-0.39, 0.29) is 11.9 Å². The molecule has 1 aromatic carbocycles. The third-order valence-electron chi connectivity index (χ3n) is 3.71. The fourth-order valence-corrected chi connectivity index (χ4v) is 2.59. The zero-order chi connectivity index (χ0) is 16.3. The van der Waals surface area contributed by atoms with Crippen molar-refractivity contribution < 1.29 is 4.79 Å². The molecular formula is C18H25N3O. The Kier molecular flexibility index (Phi) is 5.01. The van der Waals surface area contributed by atoms with Gasteiger partial charge in [-0.25, -0.2) is 0 Å². The normalized spacial score (nSPS) is 12.5. The Bertz CT molecular complexity index is 641. The van der Waals surface area contributed by atoms with E-state index in [0.29, 0.717) is 11.6 Å². The lowest BCUT2D eigenvalue weighted by Gasteiger charge is -2.15. The number of hydrogen-bond acceptors (Lipinski definition) is 2. The maximum Gasteiger partial charge on any atom is 0.270 e. The molecule has 2 aromatic rings. The highest BCUT2D eigenvalue weighted by molar-refractivity contribution is 5.92. The molecule has 1 N–H and O–H groups in total. The molecule has 0 aliphatic rings. The van der Waals surface area contributed by atoms with E-state index in [9.17, 15) is 4.79 Å². The summed E-state index contributed by atoms with van der Waals surface area (Å²) in [6, 6.07) is 10.2. The first-order valence-corrected chi connectivity index (χ1v) is 7.77. The van der Waals surface area contributed by atoms with E-state index >= 15 is 0 Å². The zero-order valence-corrected chi connectivity index (χ0v) is 14.1. The van der Waals surface area contributed by atoms with E-state index in [1.54, 1.807) is 17.8 Å². The molecule has 0 radical (unpaired) electrons. The molecule has 0 bridgehead atoms. The van der Waals surface area contributed by atoms with Gasteiger partial charge in [0.15, 0.2) is 0 Å². The smallest absolute Gasteiger partial charge is 0.270 e. The monoisotopic (exact) mass is 299 g/mol. The van der Waals surface area contributed by atoms with Crippen LogP contribution >= 0.6 is 0 Å². The van der Waals surface area contributed by atoms with Crippen LogP contribution in [0.3, 0.4) is 0 Å². The molecule has 22 heavy (non-hydrogen) atoms. The summed E-state index contributed by atoms with van der Waals surface area (Å²) in [5.41, 5.74) is 3.87. The van der Waals surface area contributed by atoms with Crippen molar-refractivity contribution in [3.63, 3.8) is 0 Å². The molecule has 0 aliphatic heterocycles. The van der Waals surface area contributed by atoms with Crippen LogP contribution in [0.4, 0.5) is 0 Å². The maximum absolute atomic E-state index is 12.3. The van der Waals surface area contributed by atoms with Crippen LogP contribution in [0.5, 0.6) is 0 Å². The number of rotatable bonds is 5. The minimum atomic E-state index is -0.0955.